The van der Waals surface area contributed by atoms with Gasteiger partial charge in [-0.15, -0.1) is 0 Å². The average molecular weight is 687 g/mol. The molecule has 0 aliphatic carbocycles. The van der Waals surface area contributed by atoms with Gasteiger partial charge in [-0.2, -0.15) is 5.26 Å². The summed E-state index contributed by atoms with van der Waals surface area (Å²) in [5.41, 5.74) is -1.89. The molecule has 0 aromatic heterocycles. The number of rotatable bonds is 14. The van der Waals surface area contributed by atoms with Gasteiger partial charge in [0.25, 0.3) is 5.91 Å². The number of nitrogens with zero attached hydrogens (tertiary/aromatic N) is 1. The third kappa shape index (κ3) is 8.19. The van der Waals surface area contributed by atoms with Crippen LogP contribution in [0.1, 0.15) is 73.4 Å². The van der Waals surface area contributed by atoms with Gasteiger partial charge in [0, 0.05) is 41.1 Å². The fourth-order valence-electron chi connectivity index (χ4n) is 6.62. The maximum atomic E-state index is 16.0. The lowest BCUT2D eigenvalue weighted by Crippen LogP contribution is -2.45. The smallest absolute Gasteiger partial charge is 0.251 e. The second-order valence-corrected chi connectivity index (χ2v) is 13.7. The topological polar surface area (TPSA) is 122 Å². The number of benzene rings is 3. The van der Waals surface area contributed by atoms with Crippen molar-refractivity contribution in [1.82, 2.24) is 10.6 Å². The van der Waals surface area contributed by atoms with Crippen LogP contribution in [0.3, 0.4) is 0 Å². The molecule has 250 valence electrons. The maximum absolute atomic E-state index is 16.0. The Morgan fingerprint density at radius 3 is 2.49 bits per heavy atom. The Hall–Kier alpha value is -3.39. The molecule has 1 heterocycles. The van der Waals surface area contributed by atoms with E-state index in [-0.39, 0.29) is 58.5 Å². The third-order valence-electron chi connectivity index (χ3n) is 9.03. The fraction of sp³-hybridized carbons (Fsp3) is 0.417. The monoisotopic (exact) mass is 685 g/mol. The first-order valence-electron chi connectivity index (χ1n) is 15.6. The van der Waals surface area contributed by atoms with Gasteiger partial charge in [0.15, 0.2) is 0 Å². The predicted molar refractivity (Wildman–Crippen MR) is 177 cm³/mol. The summed E-state index contributed by atoms with van der Waals surface area (Å²) in [5.74, 6) is -3.37. The maximum Gasteiger partial charge on any atom is 0.251 e. The van der Waals surface area contributed by atoms with Crippen molar-refractivity contribution in [2.45, 2.75) is 75.5 Å². The molecule has 0 saturated carbocycles. The van der Waals surface area contributed by atoms with Gasteiger partial charge in [-0.25, -0.2) is 8.78 Å². The summed E-state index contributed by atoms with van der Waals surface area (Å²) in [6.07, 6.45) is 0.0660. The highest BCUT2D eigenvalue weighted by Crippen LogP contribution is 2.53. The number of carbonyl (C=O) groups excluding carboxylic acids is 2. The highest BCUT2D eigenvalue weighted by atomic mass is 35.5. The van der Waals surface area contributed by atoms with E-state index < -0.39 is 53.2 Å². The summed E-state index contributed by atoms with van der Waals surface area (Å²) in [6.45, 7) is 3.75. The Kier molecular flexibility index (Phi) is 12.2. The lowest BCUT2D eigenvalue weighted by molar-refractivity contribution is -0.121. The lowest BCUT2D eigenvalue weighted by Gasteiger charge is -2.38. The van der Waals surface area contributed by atoms with Gasteiger partial charge in [0.05, 0.1) is 29.8 Å². The molecule has 1 saturated heterocycles. The Labute approximate surface area is 283 Å². The fourth-order valence-corrected chi connectivity index (χ4v) is 6.96. The largest absolute Gasteiger partial charge is 0.394 e. The highest BCUT2D eigenvalue weighted by molar-refractivity contribution is 6.31. The average Bonchev–Trinajstić information content (AvgIpc) is 3.35. The molecule has 0 spiro atoms. The zero-order valence-electron chi connectivity index (χ0n) is 26.3. The van der Waals surface area contributed by atoms with Crippen molar-refractivity contribution >= 4 is 34.9 Å². The molecular formula is C36H39Cl2F2N3O4. The Balaban J connectivity index is 1.76. The van der Waals surface area contributed by atoms with Gasteiger partial charge in [-0.3, -0.25) is 9.59 Å². The SMILES string of the molecule is CC(C)(CCNC(=O)c1ccccc1)C[C@@H]1N[C@@H](C(=O)CCC[C@H](O)CO)[C@H](c2cccc(Cl)c2F)[C@@]1(C#N)c1ccc(Cl)cc1F. The lowest BCUT2D eigenvalue weighted by atomic mass is 9.62. The minimum Gasteiger partial charge on any atom is -0.394 e. The van der Waals surface area contributed by atoms with Crippen molar-refractivity contribution < 1.29 is 28.6 Å². The number of ketones is 1. The number of nitriles is 1. The van der Waals surface area contributed by atoms with Gasteiger partial charge in [0.2, 0.25) is 0 Å². The number of carbonyl (C=O) groups is 2. The van der Waals surface area contributed by atoms with E-state index in [2.05, 4.69) is 16.7 Å². The van der Waals surface area contributed by atoms with Crippen LogP contribution in [0.15, 0.2) is 66.7 Å². The van der Waals surface area contributed by atoms with Crippen LogP contribution in [0.4, 0.5) is 8.78 Å². The van der Waals surface area contributed by atoms with Crippen LogP contribution in [0.2, 0.25) is 10.0 Å². The third-order valence-corrected chi connectivity index (χ3v) is 9.56. The van der Waals surface area contributed by atoms with Gasteiger partial charge in [-0.1, -0.05) is 73.4 Å². The standard InChI is InChI=1S/C36H39Cl2F2N3O4/c1-35(2,16-17-42-34(47)22-8-4-3-5-9-22)19-30-36(21-41,26-15-14-23(37)18-28(26)39)31(25-11-7-12-27(38)32(25)40)33(43-30)29(46)13-6-10-24(45)20-44/h3-5,7-9,11-12,14-15,18,24,30-31,33,43-45H,6,10,13,16-17,19-20H2,1-2H3,(H,42,47)/t24-,30-,31-,33-,36-/m0/s1. The molecule has 5 atom stereocenters. The number of nitrogens with one attached hydrogen (secondary N) is 2. The summed E-state index contributed by atoms with van der Waals surface area (Å²) in [6, 6.07) is 17.4. The highest BCUT2D eigenvalue weighted by Gasteiger charge is 2.61. The van der Waals surface area contributed by atoms with Crippen LogP contribution in [0.5, 0.6) is 0 Å². The molecule has 11 heteroatoms. The molecule has 0 unspecified atom stereocenters. The molecule has 4 rings (SSSR count). The number of hydrogen-bond acceptors (Lipinski definition) is 6. The van der Waals surface area contributed by atoms with Crippen molar-refractivity contribution in [2.24, 2.45) is 5.41 Å². The van der Waals surface area contributed by atoms with Crippen LogP contribution < -0.4 is 10.6 Å². The zero-order valence-corrected chi connectivity index (χ0v) is 27.8. The zero-order chi connectivity index (χ0) is 34.4. The molecule has 1 aliphatic rings. The number of aliphatic hydroxyl groups excluding tert-OH is 2. The summed E-state index contributed by atoms with van der Waals surface area (Å²) < 4.78 is 31.9. The van der Waals surface area contributed by atoms with E-state index in [1.54, 1.807) is 24.3 Å². The number of amides is 1. The van der Waals surface area contributed by atoms with Crippen LogP contribution in [0, 0.1) is 28.4 Å². The van der Waals surface area contributed by atoms with E-state index in [4.69, 9.17) is 23.2 Å². The number of halogens is 4. The normalized spacial score (nSPS) is 21.6. The summed E-state index contributed by atoms with van der Waals surface area (Å²) in [4.78, 5) is 26.6. The first kappa shape index (κ1) is 36.4. The van der Waals surface area contributed by atoms with E-state index >= 15 is 8.78 Å². The Morgan fingerprint density at radius 2 is 1.83 bits per heavy atom. The Morgan fingerprint density at radius 1 is 1.11 bits per heavy atom. The first-order chi connectivity index (χ1) is 22.3. The van der Waals surface area contributed by atoms with Crippen molar-refractivity contribution in [3.63, 3.8) is 0 Å². The predicted octanol–water partition coefficient (Wildman–Crippen LogP) is 6.49. The molecular weight excluding hydrogens is 647 g/mol. The van der Waals surface area contributed by atoms with Crippen LogP contribution >= 0.6 is 23.2 Å². The van der Waals surface area contributed by atoms with E-state index in [1.165, 1.54) is 30.3 Å². The van der Waals surface area contributed by atoms with E-state index in [0.29, 0.717) is 18.5 Å². The quantitative estimate of drug-likeness (QED) is 0.154. The van der Waals surface area contributed by atoms with Gasteiger partial charge in [-0.05, 0) is 67.0 Å². The van der Waals surface area contributed by atoms with Gasteiger partial charge < -0.3 is 20.8 Å². The molecule has 1 fully saturated rings. The molecule has 0 radical (unpaired) electrons. The number of aliphatic hydroxyl groups is 2. The molecule has 7 nitrogen and oxygen atoms in total. The molecule has 3 aromatic carbocycles. The van der Waals surface area contributed by atoms with E-state index in [1.807, 2.05) is 19.9 Å². The van der Waals surface area contributed by atoms with Gasteiger partial charge >= 0.3 is 0 Å². The molecule has 4 N–H and O–H groups in total. The van der Waals surface area contributed by atoms with Crippen LogP contribution in [-0.4, -0.2) is 53.2 Å². The second-order valence-electron chi connectivity index (χ2n) is 12.9. The van der Waals surface area contributed by atoms with Crippen LogP contribution in [-0.2, 0) is 10.2 Å². The number of hydrogen-bond donors (Lipinski definition) is 4. The van der Waals surface area contributed by atoms with Crippen molar-refractivity contribution in [2.75, 3.05) is 13.2 Å². The minimum absolute atomic E-state index is 0.00919. The van der Waals surface area contributed by atoms with Crippen molar-refractivity contribution in [1.29, 1.82) is 5.26 Å². The summed E-state index contributed by atoms with van der Waals surface area (Å²) in [5, 5.41) is 36.3. The molecule has 1 amide bonds. The van der Waals surface area contributed by atoms with Crippen LogP contribution in [0.25, 0.3) is 0 Å². The van der Waals surface area contributed by atoms with Gasteiger partial charge in [0.1, 0.15) is 22.8 Å². The molecule has 1 aliphatic heterocycles. The van der Waals surface area contributed by atoms with E-state index in [9.17, 15) is 25.1 Å². The van der Waals surface area contributed by atoms with Crippen molar-refractivity contribution in [3.8, 4) is 6.07 Å². The summed E-state index contributed by atoms with van der Waals surface area (Å²) in [7, 11) is 0. The van der Waals surface area contributed by atoms with E-state index in [0.717, 1.165) is 6.07 Å². The number of Topliss-reactive ketones (excluding diaryl/α,β-unsaturated/α-hetero) is 1. The molecule has 47 heavy (non-hydrogen) atoms. The molecule has 0 bridgehead atoms. The minimum atomic E-state index is -1.80. The first-order valence-corrected chi connectivity index (χ1v) is 16.3. The second kappa shape index (κ2) is 15.7. The Bertz CT molecular complexity index is 1620. The molecule has 3 aromatic rings. The summed E-state index contributed by atoms with van der Waals surface area (Å²) >= 11 is 12.3. The van der Waals surface area contributed by atoms with Crippen molar-refractivity contribution in [3.05, 3.63) is 105 Å².